The van der Waals surface area contributed by atoms with Crippen molar-refractivity contribution in [3.8, 4) is 0 Å². The first kappa shape index (κ1) is 12.9. The van der Waals surface area contributed by atoms with Gasteiger partial charge in [0.1, 0.15) is 0 Å². The van der Waals surface area contributed by atoms with E-state index >= 15 is 0 Å². The summed E-state index contributed by atoms with van der Waals surface area (Å²) >= 11 is 3.38. The minimum atomic E-state index is -0.527. The van der Waals surface area contributed by atoms with Crippen molar-refractivity contribution in [1.29, 1.82) is 0 Å². The minimum Gasteiger partial charge on any atom is -0.408 e. The highest BCUT2D eigenvalue weighted by Crippen LogP contribution is 2.23. The predicted octanol–water partition coefficient (Wildman–Crippen LogP) is 3.42. The van der Waals surface area contributed by atoms with Gasteiger partial charge < -0.3 is 4.42 Å². The second-order valence-corrected chi connectivity index (χ2v) is 5.39. The Morgan fingerprint density at radius 1 is 1.20 bits per heavy atom. The third-order valence-electron chi connectivity index (χ3n) is 3.05. The average Bonchev–Trinajstić information content (AvgIpc) is 2.79. The number of ketones is 1. The Bertz CT molecular complexity index is 876. The lowest BCUT2D eigenvalue weighted by atomic mass is 10.0. The standard InChI is InChI=1S/C15H10BrNO3/c1-8-2-4-11(16)10(6-8)14(18)9-3-5-12-13(7-9)20-15(19)17-12/h2-7H,1H3,(H,17,19). The molecule has 3 rings (SSSR count). The van der Waals surface area contributed by atoms with Crippen molar-refractivity contribution in [1.82, 2.24) is 4.98 Å². The molecule has 20 heavy (non-hydrogen) atoms. The number of nitrogens with one attached hydrogen (secondary N) is 1. The number of carbonyl (C=O) groups is 1. The highest BCUT2D eigenvalue weighted by molar-refractivity contribution is 9.10. The fraction of sp³-hybridized carbons (Fsp3) is 0.0667. The molecule has 4 nitrogen and oxygen atoms in total. The van der Waals surface area contributed by atoms with Gasteiger partial charge in [-0.2, -0.15) is 0 Å². The summed E-state index contributed by atoms with van der Waals surface area (Å²) in [6.07, 6.45) is 0. The van der Waals surface area contributed by atoms with Crippen LogP contribution < -0.4 is 5.76 Å². The summed E-state index contributed by atoms with van der Waals surface area (Å²) in [6.45, 7) is 1.93. The van der Waals surface area contributed by atoms with Crippen molar-refractivity contribution >= 4 is 32.8 Å². The first-order valence-corrected chi connectivity index (χ1v) is 6.77. The first-order valence-electron chi connectivity index (χ1n) is 5.98. The smallest absolute Gasteiger partial charge is 0.408 e. The lowest BCUT2D eigenvalue weighted by molar-refractivity contribution is 0.103. The largest absolute Gasteiger partial charge is 0.417 e. The Morgan fingerprint density at radius 2 is 2.00 bits per heavy atom. The quantitative estimate of drug-likeness (QED) is 0.732. The van der Waals surface area contributed by atoms with Gasteiger partial charge in [-0.1, -0.05) is 27.6 Å². The molecule has 100 valence electrons. The number of oxazole rings is 1. The van der Waals surface area contributed by atoms with Crippen LogP contribution in [0.15, 0.2) is 50.1 Å². The number of aryl methyl sites for hydroxylation is 1. The predicted molar refractivity (Wildman–Crippen MR) is 79.1 cm³/mol. The molecule has 0 aliphatic heterocycles. The molecular weight excluding hydrogens is 322 g/mol. The van der Waals surface area contributed by atoms with Crippen LogP contribution in [-0.4, -0.2) is 10.8 Å². The Kier molecular flexibility index (Phi) is 3.06. The molecule has 0 saturated carbocycles. The number of hydrogen-bond donors (Lipinski definition) is 1. The lowest BCUT2D eigenvalue weighted by Crippen LogP contribution is -2.02. The van der Waals surface area contributed by atoms with Crippen LogP contribution in [0.3, 0.4) is 0 Å². The summed E-state index contributed by atoms with van der Waals surface area (Å²) in [6, 6.07) is 10.5. The summed E-state index contributed by atoms with van der Waals surface area (Å²) in [5.74, 6) is -0.646. The molecule has 0 atom stereocenters. The number of rotatable bonds is 2. The van der Waals surface area contributed by atoms with Crippen LogP contribution in [0.1, 0.15) is 21.5 Å². The van der Waals surface area contributed by atoms with Crippen molar-refractivity contribution in [2.24, 2.45) is 0 Å². The molecule has 0 unspecified atom stereocenters. The number of carbonyl (C=O) groups excluding carboxylic acids is 1. The van der Waals surface area contributed by atoms with Gasteiger partial charge >= 0.3 is 5.76 Å². The summed E-state index contributed by atoms with van der Waals surface area (Å²) in [5, 5.41) is 0. The van der Waals surface area contributed by atoms with E-state index in [1.807, 2.05) is 25.1 Å². The van der Waals surface area contributed by atoms with E-state index in [2.05, 4.69) is 20.9 Å². The Morgan fingerprint density at radius 3 is 2.80 bits per heavy atom. The van der Waals surface area contributed by atoms with Crippen LogP contribution in [-0.2, 0) is 0 Å². The maximum absolute atomic E-state index is 12.5. The van der Waals surface area contributed by atoms with Crippen LogP contribution in [0.25, 0.3) is 11.1 Å². The first-order chi connectivity index (χ1) is 9.54. The van der Waals surface area contributed by atoms with Crippen molar-refractivity contribution in [3.05, 3.63) is 68.1 Å². The van der Waals surface area contributed by atoms with Gasteiger partial charge in [-0.25, -0.2) is 4.79 Å². The van der Waals surface area contributed by atoms with Crippen LogP contribution in [0.2, 0.25) is 0 Å². The van der Waals surface area contributed by atoms with Crippen LogP contribution in [0.5, 0.6) is 0 Å². The normalized spacial score (nSPS) is 10.9. The van der Waals surface area contributed by atoms with Crippen LogP contribution in [0.4, 0.5) is 0 Å². The molecule has 5 heteroatoms. The number of fused-ring (bicyclic) bond motifs is 1. The van der Waals surface area contributed by atoms with E-state index in [0.29, 0.717) is 22.2 Å². The summed E-state index contributed by atoms with van der Waals surface area (Å²) in [4.78, 5) is 26.2. The number of hydrogen-bond acceptors (Lipinski definition) is 3. The summed E-state index contributed by atoms with van der Waals surface area (Å²) in [5.41, 5.74) is 3.03. The third-order valence-corrected chi connectivity index (χ3v) is 3.74. The van der Waals surface area contributed by atoms with Gasteiger partial charge in [0.15, 0.2) is 11.4 Å². The zero-order valence-corrected chi connectivity index (χ0v) is 12.2. The molecule has 0 spiro atoms. The molecule has 0 saturated heterocycles. The Labute approximate surface area is 122 Å². The molecule has 1 aromatic heterocycles. The summed E-state index contributed by atoms with van der Waals surface area (Å²) < 4.78 is 5.71. The van der Waals surface area contributed by atoms with Crippen LogP contribution >= 0.6 is 15.9 Å². The molecule has 1 heterocycles. The number of aromatic nitrogens is 1. The van der Waals surface area contributed by atoms with E-state index in [-0.39, 0.29) is 5.78 Å². The SMILES string of the molecule is Cc1ccc(Br)c(C(=O)c2ccc3[nH]c(=O)oc3c2)c1. The third kappa shape index (κ3) is 2.20. The number of H-pyrrole nitrogens is 1. The van der Waals surface area contributed by atoms with E-state index in [1.54, 1.807) is 18.2 Å². The van der Waals surface area contributed by atoms with Crippen molar-refractivity contribution in [2.45, 2.75) is 6.92 Å². The van der Waals surface area contributed by atoms with Gasteiger partial charge in [0.2, 0.25) is 0 Å². The minimum absolute atomic E-state index is 0.119. The fourth-order valence-corrected chi connectivity index (χ4v) is 2.48. The molecule has 2 aromatic carbocycles. The molecule has 0 aliphatic rings. The molecule has 0 radical (unpaired) electrons. The second kappa shape index (κ2) is 4.76. The van der Waals surface area contributed by atoms with E-state index < -0.39 is 5.76 Å². The Hall–Kier alpha value is -2.14. The number of halogens is 1. The molecule has 0 fully saturated rings. The van der Waals surface area contributed by atoms with E-state index in [4.69, 9.17) is 4.42 Å². The lowest BCUT2D eigenvalue weighted by Gasteiger charge is -2.05. The zero-order valence-electron chi connectivity index (χ0n) is 10.6. The van der Waals surface area contributed by atoms with Crippen molar-refractivity contribution in [2.75, 3.05) is 0 Å². The molecule has 0 bridgehead atoms. The number of aromatic amines is 1. The maximum atomic E-state index is 12.5. The summed E-state index contributed by atoms with van der Waals surface area (Å²) in [7, 11) is 0. The van der Waals surface area contributed by atoms with Gasteiger partial charge in [-0.3, -0.25) is 9.78 Å². The highest BCUT2D eigenvalue weighted by Gasteiger charge is 2.14. The van der Waals surface area contributed by atoms with E-state index in [9.17, 15) is 9.59 Å². The van der Waals surface area contributed by atoms with E-state index in [1.165, 1.54) is 0 Å². The molecule has 3 aromatic rings. The van der Waals surface area contributed by atoms with Gasteiger partial charge in [0.05, 0.1) is 5.52 Å². The second-order valence-electron chi connectivity index (χ2n) is 4.54. The van der Waals surface area contributed by atoms with Gasteiger partial charge in [-0.05, 0) is 37.3 Å². The maximum Gasteiger partial charge on any atom is 0.417 e. The van der Waals surface area contributed by atoms with Gasteiger partial charge in [0, 0.05) is 15.6 Å². The van der Waals surface area contributed by atoms with Crippen molar-refractivity contribution < 1.29 is 9.21 Å². The topological polar surface area (TPSA) is 63.1 Å². The molecular formula is C15H10BrNO3. The number of benzene rings is 2. The molecule has 0 aliphatic carbocycles. The zero-order chi connectivity index (χ0) is 14.3. The highest BCUT2D eigenvalue weighted by atomic mass is 79.9. The van der Waals surface area contributed by atoms with Crippen LogP contribution in [0, 0.1) is 6.92 Å². The van der Waals surface area contributed by atoms with Gasteiger partial charge in [-0.15, -0.1) is 0 Å². The average molecular weight is 332 g/mol. The Balaban J connectivity index is 2.12. The van der Waals surface area contributed by atoms with Crippen molar-refractivity contribution in [3.63, 3.8) is 0 Å². The fourth-order valence-electron chi connectivity index (χ4n) is 2.06. The monoisotopic (exact) mass is 331 g/mol. The molecule has 0 amide bonds. The van der Waals surface area contributed by atoms with Gasteiger partial charge in [0.25, 0.3) is 0 Å². The molecule has 1 N–H and O–H groups in total. The van der Waals surface area contributed by atoms with E-state index in [0.717, 1.165) is 10.0 Å².